The van der Waals surface area contributed by atoms with Gasteiger partial charge < -0.3 is 9.32 Å². The van der Waals surface area contributed by atoms with Crippen molar-refractivity contribution in [2.75, 3.05) is 19.6 Å². The maximum Gasteiger partial charge on any atom is 0.227 e. The van der Waals surface area contributed by atoms with E-state index in [0.717, 1.165) is 62.3 Å². The van der Waals surface area contributed by atoms with Gasteiger partial charge in [0.15, 0.2) is 11.5 Å². The van der Waals surface area contributed by atoms with E-state index >= 15 is 0 Å². The summed E-state index contributed by atoms with van der Waals surface area (Å²) in [5.74, 6) is 2.08. The van der Waals surface area contributed by atoms with Crippen LogP contribution in [0.2, 0.25) is 5.02 Å². The van der Waals surface area contributed by atoms with E-state index in [1.807, 2.05) is 18.2 Å². The van der Waals surface area contributed by atoms with Crippen LogP contribution < -0.4 is 10.9 Å². The van der Waals surface area contributed by atoms with Crippen molar-refractivity contribution < 1.29 is 9.21 Å². The number of likely N-dealkylation sites (tertiary alicyclic amines) is 1. The third-order valence-electron chi connectivity index (χ3n) is 6.50. The van der Waals surface area contributed by atoms with Crippen molar-refractivity contribution in [1.29, 1.82) is 0 Å². The van der Waals surface area contributed by atoms with Crippen LogP contribution in [0.1, 0.15) is 43.9 Å². The summed E-state index contributed by atoms with van der Waals surface area (Å²) in [6.07, 6.45) is 5.18. The van der Waals surface area contributed by atoms with Crippen molar-refractivity contribution in [3.05, 3.63) is 29.1 Å². The highest BCUT2D eigenvalue weighted by atomic mass is 35.5. The predicted octanol–water partition coefficient (Wildman–Crippen LogP) is 3.08. The van der Waals surface area contributed by atoms with Gasteiger partial charge in [0.05, 0.1) is 5.92 Å². The predicted molar refractivity (Wildman–Crippen MR) is 103 cm³/mol. The molecule has 144 valence electrons. The van der Waals surface area contributed by atoms with Crippen molar-refractivity contribution in [3.8, 4) is 0 Å². The fourth-order valence-corrected chi connectivity index (χ4v) is 5.16. The standard InChI is InChI=1S/C20H25ClN4O2/c21-14-4-5-17-16(10-14)23-19(27-17)12-6-8-25(9-7-12)20(26)15-3-1-2-13-11-22-24-18(13)15/h4-5,10,12-13,15,18,22,24H,1-3,6-9,11H2. The van der Waals surface area contributed by atoms with Gasteiger partial charge >= 0.3 is 0 Å². The molecule has 2 aromatic rings. The van der Waals surface area contributed by atoms with E-state index < -0.39 is 0 Å². The topological polar surface area (TPSA) is 70.4 Å². The monoisotopic (exact) mass is 388 g/mol. The van der Waals surface area contributed by atoms with E-state index in [1.165, 1.54) is 6.42 Å². The van der Waals surface area contributed by atoms with Gasteiger partial charge in [-0.15, -0.1) is 0 Å². The molecule has 0 spiro atoms. The molecule has 27 heavy (non-hydrogen) atoms. The van der Waals surface area contributed by atoms with E-state index in [0.29, 0.717) is 22.9 Å². The first-order chi connectivity index (χ1) is 13.2. The molecule has 0 radical (unpaired) electrons. The molecule has 1 saturated carbocycles. The van der Waals surface area contributed by atoms with Crippen LogP contribution in [0.3, 0.4) is 0 Å². The third-order valence-corrected chi connectivity index (χ3v) is 6.74. The number of nitrogens with zero attached hydrogens (tertiary/aromatic N) is 2. The number of halogens is 1. The van der Waals surface area contributed by atoms with Gasteiger partial charge in [-0.1, -0.05) is 18.0 Å². The van der Waals surface area contributed by atoms with Gasteiger partial charge in [-0.2, -0.15) is 0 Å². The number of nitrogens with one attached hydrogen (secondary N) is 2. The Hall–Kier alpha value is -1.63. The Bertz CT molecular complexity index is 846. The van der Waals surface area contributed by atoms with E-state index in [4.69, 9.17) is 16.0 Å². The lowest BCUT2D eigenvalue weighted by Crippen LogP contribution is -2.50. The lowest BCUT2D eigenvalue weighted by molar-refractivity contribution is -0.139. The third kappa shape index (κ3) is 3.24. The van der Waals surface area contributed by atoms with Crippen molar-refractivity contribution >= 4 is 28.6 Å². The maximum atomic E-state index is 13.1. The van der Waals surface area contributed by atoms with Crippen LogP contribution in [0.15, 0.2) is 22.6 Å². The number of piperidine rings is 1. The Balaban J connectivity index is 1.24. The fraction of sp³-hybridized carbons (Fsp3) is 0.600. The van der Waals surface area contributed by atoms with Crippen molar-refractivity contribution in [2.45, 2.75) is 44.1 Å². The number of amides is 1. The number of carbonyl (C=O) groups is 1. The molecule has 1 aromatic carbocycles. The number of carbonyl (C=O) groups excluding carboxylic acids is 1. The Kier molecular flexibility index (Phi) is 4.58. The van der Waals surface area contributed by atoms with Gasteiger partial charge in [-0.3, -0.25) is 15.6 Å². The molecule has 3 heterocycles. The summed E-state index contributed by atoms with van der Waals surface area (Å²) >= 11 is 6.04. The number of benzene rings is 1. The second-order valence-corrected chi connectivity index (χ2v) is 8.55. The van der Waals surface area contributed by atoms with Crippen LogP contribution >= 0.6 is 11.6 Å². The normalized spacial score (nSPS) is 29.2. The molecule has 1 aromatic heterocycles. The summed E-state index contributed by atoms with van der Waals surface area (Å²) in [6.45, 7) is 2.55. The molecule has 1 aliphatic carbocycles. The summed E-state index contributed by atoms with van der Waals surface area (Å²) in [6, 6.07) is 5.83. The minimum atomic E-state index is 0.113. The average Bonchev–Trinajstić information content (AvgIpc) is 3.33. The minimum absolute atomic E-state index is 0.113. The summed E-state index contributed by atoms with van der Waals surface area (Å²) in [5.41, 5.74) is 8.18. The molecule has 6 nitrogen and oxygen atoms in total. The number of hydrogen-bond acceptors (Lipinski definition) is 5. The molecule has 3 atom stereocenters. The Morgan fingerprint density at radius 3 is 2.93 bits per heavy atom. The smallest absolute Gasteiger partial charge is 0.227 e. The molecule has 7 heteroatoms. The van der Waals surface area contributed by atoms with E-state index in [-0.39, 0.29) is 11.8 Å². The average molecular weight is 389 g/mol. The van der Waals surface area contributed by atoms with Gasteiger partial charge in [0.1, 0.15) is 5.52 Å². The van der Waals surface area contributed by atoms with Gasteiger partial charge in [0.2, 0.25) is 5.91 Å². The van der Waals surface area contributed by atoms with E-state index in [2.05, 4.69) is 20.7 Å². The second-order valence-electron chi connectivity index (χ2n) is 8.11. The zero-order chi connectivity index (χ0) is 18.4. The maximum absolute atomic E-state index is 13.1. The highest BCUT2D eigenvalue weighted by Gasteiger charge is 2.42. The van der Waals surface area contributed by atoms with Crippen LogP contribution in [0.5, 0.6) is 0 Å². The van der Waals surface area contributed by atoms with Crippen LogP contribution in [0.4, 0.5) is 0 Å². The lowest BCUT2D eigenvalue weighted by atomic mass is 9.77. The summed E-state index contributed by atoms with van der Waals surface area (Å²) in [5, 5.41) is 0.670. The molecule has 2 saturated heterocycles. The van der Waals surface area contributed by atoms with Gasteiger partial charge in [0, 0.05) is 36.6 Å². The molecular weight excluding hydrogens is 364 g/mol. The first-order valence-electron chi connectivity index (χ1n) is 10.0. The number of aromatic nitrogens is 1. The highest BCUT2D eigenvalue weighted by Crippen LogP contribution is 2.35. The summed E-state index contributed by atoms with van der Waals surface area (Å²) < 4.78 is 5.94. The highest BCUT2D eigenvalue weighted by molar-refractivity contribution is 6.31. The number of oxazole rings is 1. The largest absolute Gasteiger partial charge is 0.440 e. The van der Waals surface area contributed by atoms with Crippen LogP contribution in [0.25, 0.3) is 11.1 Å². The minimum Gasteiger partial charge on any atom is -0.440 e. The van der Waals surface area contributed by atoms with Crippen LogP contribution in [-0.4, -0.2) is 41.5 Å². The van der Waals surface area contributed by atoms with Crippen LogP contribution in [-0.2, 0) is 4.79 Å². The van der Waals surface area contributed by atoms with Crippen molar-refractivity contribution in [2.24, 2.45) is 11.8 Å². The number of fused-ring (bicyclic) bond motifs is 2. The number of rotatable bonds is 2. The molecule has 0 bridgehead atoms. The van der Waals surface area contributed by atoms with E-state index in [9.17, 15) is 4.79 Å². The summed E-state index contributed by atoms with van der Waals surface area (Å²) in [7, 11) is 0. The summed E-state index contributed by atoms with van der Waals surface area (Å²) in [4.78, 5) is 19.8. The Morgan fingerprint density at radius 1 is 1.22 bits per heavy atom. The number of hydrogen-bond donors (Lipinski definition) is 2. The van der Waals surface area contributed by atoms with Gasteiger partial charge in [-0.05, 0) is 49.8 Å². The molecule has 3 fully saturated rings. The molecule has 5 rings (SSSR count). The SMILES string of the molecule is O=C(C1CCCC2CNNC21)N1CCC(c2nc3cc(Cl)ccc3o2)CC1. The van der Waals surface area contributed by atoms with E-state index in [1.54, 1.807) is 0 Å². The van der Waals surface area contributed by atoms with Crippen molar-refractivity contribution in [1.82, 2.24) is 20.7 Å². The number of hydrazine groups is 1. The fourth-order valence-electron chi connectivity index (χ4n) is 4.99. The Morgan fingerprint density at radius 2 is 2.07 bits per heavy atom. The zero-order valence-electron chi connectivity index (χ0n) is 15.3. The molecule has 1 amide bonds. The quantitative estimate of drug-likeness (QED) is 0.827. The second kappa shape index (κ2) is 7.08. The molecule has 2 aliphatic heterocycles. The first-order valence-corrected chi connectivity index (χ1v) is 10.4. The van der Waals surface area contributed by atoms with Crippen molar-refractivity contribution in [3.63, 3.8) is 0 Å². The molecule has 3 aliphatic rings. The zero-order valence-corrected chi connectivity index (χ0v) is 16.0. The first kappa shape index (κ1) is 17.5. The van der Waals surface area contributed by atoms with Gasteiger partial charge in [0.25, 0.3) is 0 Å². The lowest BCUT2D eigenvalue weighted by Gasteiger charge is -2.38. The van der Waals surface area contributed by atoms with Crippen LogP contribution in [0, 0.1) is 11.8 Å². The molecular formula is C20H25ClN4O2. The molecule has 3 unspecified atom stereocenters. The Labute approximate surface area is 163 Å². The van der Waals surface area contributed by atoms with Gasteiger partial charge in [-0.25, -0.2) is 4.98 Å². The molecule has 2 N–H and O–H groups in total.